The quantitative estimate of drug-likeness (QED) is 0.880. The van der Waals surface area contributed by atoms with Crippen LogP contribution in [0.3, 0.4) is 0 Å². The van der Waals surface area contributed by atoms with E-state index in [1.165, 1.54) is 12.1 Å². The van der Waals surface area contributed by atoms with E-state index in [0.717, 1.165) is 11.3 Å². The maximum Gasteiger partial charge on any atom is 0.130 e. The molecule has 18 heavy (non-hydrogen) atoms. The van der Waals surface area contributed by atoms with E-state index in [-0.39, 0.29) is 5.82 Å². The van der Waals surface area contributed by atoms with Gasteiger partial charge in [-0.05, 0) is 36.9 Å². The maximum atomic E-state index is 13.4. The largest absolute Gasteiger partial charge is 0.487 e. The zero-order valence-electron chi connectivity index (χ0n) is 10.2. The van der Waals surface area contributed by atoms with Crippen molar-refractivity contribution in [3.8, 4) is 5.75 Å². The zero-order valence-corrected chi connectivity index (χ0v) is 10.2. The molecule has 3 nitrogen and oxygen atoms in total. The number of ether oxygens (including phenoxy) is 1. The summed E-state index contributed by atoms with van der Waals surface area (Å²) in [6, 6.07) is 10.3. The van der Waals surface area contributed by atoms with Gasteiger partial charge in [-0.15, -0.1) is 0 Å². The first kappa shape index (κ1) is 12.5. The fourth-order valence-electron chi connectivity index (χ4n) is 1.65. The molecule has 0 aliphatic carbocycles. The third-order valence-corrected chi connectivity index (χ3v) is 2.42. The van der Waals surface area contributed by atoms with Crippen molar-refractivity contribution in [2.45, 2.75) is 13.2 Å². The second-order valence-electron chi connectivity index (χ2n) is 3.94. The van der Waals surface area contributed by atoms with E-state index in [1.54, 1.807) is 6.20 Å². The molecule has 1 aromatic carbocycles. The smallest absolute Gasteiger partial charge is 0.130 e. The van der Waals surface area contributed by atoms with Gasteiger partial charge in [-0.2, -0.15) is 0 Å². The number of nitrogens with zero attached hydrogens (tertiary/aromatic N) is 1. The summed E-state index contributed by atoms with van der Waals surface area (Å²) in [4.78, 5) is 4.14. The lowest BCUT2D eigenvalue weighted by atomic mass is 10.2. The van der Waals surface area contributed by atoms with Crippen LogP contribution in [0, 0.1) is 5.82 Å². The minimum absolute atomic E-state index is 0.293. The molecule has 94 valence electrons. The topological polar surface area (TPSA) is 34.1 Å². The molecule has 0 fully saturated rings. The van der Waals surface area contributed by atoms with Crippen LogP contribution in [0.5, 0.6) is 5.75 Å². The van der Waals surface area contributed by atoms with Crippen LogP contribution in [-0.4, -0.2) is 12.0 Å². The van der Waals surface area contributed by atoms with E-state index >= 15 is 0 Å². The van der Waals surface area contributed by atoms with Crippen LogP contribution in [0.15, 0.2) is 42.6 Å². The van der Waals surface area contributed by atoms with E-state index in [4.69, 9.17) is 4.74 Å². The van der Waals surface area contributed by atoms with Crippen molar-refractivity contribution in [1.82, 2.24) is 10.3 Å². The van der Waals surface area contributed by atoms with Gasteiger partial charge in [0.05, 0.1) is 5.69 Å². The lowest BCUT2D eigenvalue weighted by molar-refractivity contribution is 0.299. The molecule has 2 aromatic rings. The highest BCUT2D eigenvalue weighted by Crippen LogP contribution is 2.17. The van der Waals surface area contributed by atoms with Crippen LogP contribution in [0.1, 0.15) is 11.3 Å². The van der Waals surface area contributed by atoms with Crippen molar-refractivity contribution >= 4 is 0 Å². The van der Waals surface area contributed by atoms with Gasteiger partial charge in [0.15, 0.2) is 0 Å². The van der Waals surface area contributed by atoms with Crippen LogP contribution in [0.2, 0.25) is 0 Å². The van der Waals surface area contributed by atoms with Crippen LogP contribution >= 0.6 is 0 Å². The van der Waals surface area contributed by atoms with E-state index in [9.17, 15) is 4.39 Å². The summed E-state index contributed by atoms with van der Waals surface area (Å²) in [5.41, 5.74) is 1.67. The van der Waals surface area contributed by atoms with Gasteiger partial charge in [0.1, 0.15) is 18.2 Å². The van der Waals surface area contributed by atoms with Gasteiger partial charge in [-0.1, -0.05) is 6.07 Å². The molecule has 0 saturated heterocycles. The molecule has 4 heteroatoms. The standard InChI is InChI=1S/C14H15FN2O/c1-16-9-11-6-12(15)8-14(7-11)18-10-13-4-2-3-5-17-13/h2-8,16H,9-10H2,1H3. The van der Waals surface area contributed by atoms with Gasteiger partial charge in [0.25, 0.3) is 0 Å². The minimum Gasteiger partial charge on any atom is -0.487 e. The summed E-state index contributed by atoms with van der Waals surface area (Å²) in [5.74, 6) is 0.227. The SMILES string of the molecule is CNCc1cc(F)cc(OCc2ccccn2)c1. The highest BCUT2D eigenvalue weighted by molar-refractivity contribution is 5.29. The van der Waals surface area contributed by atoms with Gasteiger partial charge in [0.2, 0.25) is 0 Å². The lowest BCUT2D eigenvalue weighted by Crippen LogP contribution is -2.06. The van der Waals surface area contributed by atoms with Gasteiger partial charge in [-0.25, -0.2) is 4.39 Å². The molecule has 0 radical (unpaired) electrons. The molecule has 1 aromatic heterocycles. The Bertz CT molecular complexity index is 502. The fourth-order valence-corrected chi connectivity index (χ4v) is 1.65. The van der Waals surface area contributed by atoms with Crippen molar-refractivity contribution in [2.24, 2.45) is 0 Å². The Balaban J connectivity index is 2.05. The van der Waals surface area contributed by atoms with E-state index < -0.39 is 0 Å². The molecule has 2 rings (SSSR count). The van der Waals surface area contributed by atoms with Gasteiger partial charge < -0.3 is 10.1 Å². The fraction of sp³-hybridized carbons (Fsp3) is 0.214. The Morgan fingerprint density at radius 2 is 2.17 bits per heavy atom. The highest BCUT2D eigenvalue weighted by atomic mass is 19.1. The number of aromatic nitrogens is 1. The van der Waals surface area contributed by atoms with Crippen molar-refractivity contribution in [1.29, 1.82) is 0 Å². The molecule has 0 amide bonds. The zero-order chi connectivity index (χ0) is 12.8. The van der Waals surface area contributed by atoms with Crippen molar-refractivity contribution < 1.29 is 9.13 Å². The second kappa shape index (κ2) is 6.12. The molecular formula is C14H15FN2O. The molecular weight excluding hydrogens is 231 g/mol. The number of hydrogen-bond acceptors (Lipinski definition) is 3. The summed E-state index contributed by atoms with van der Waals surface area (Å²) in [5, 5.41) is 2.98. The Hall–Kier alpha value is -1.94. The van der Waals surface area contributed by atoms with Crippen molar-refractivity contribution in [3.63, 3.8) is 0 Å². The normalized spacial score (nSPS) is 10.3. The monoisotopic (exact) mass is 246 g/mol. The molecule has 0 bridgehead atoms. The number of benzene rings is 1. The van der Waals surface area contributed by atoms with Crippen LogP contribution in [-0.2, 0) is 13.2 Å². The molecule has 0 aliphatic heterocycles. The van der Waals surface area contributed by atoms with Crippen LogP contribution in [0.25, 0.3) is 0 Å². The summed E-state index contributed by atoms with van der Waals surface area (Å²) in [6.07, 6.45) is 1.71. The van der Waals surface area contributed by atoms with E-state index in [0.29, 0.717) is 18.9 Å². The highest BCUT2D eigenvalue weighted by Gasteiger charge is 2.02. The predicted octanol–water partition coefficient (Wildman–Crippen LogP) is 2.52. The minimum atomic E-state index is -0.293. The summed E-state index contributed by atoms with van der Waals surface area (Å²) < 4.78 is 18.9. The molecule has 1 N–H and O–H groups in total. The average molecular weight is 246 g/mol. The Kier molecular flexibility index (Phi) is 4.25. The number of rotatable bonds is 5. The van der Waals surface area contributed by atoms with Crippen LogP contribution < -0.4 is 10.1 Å². The average Bonchev–Trinajstić information content (AvgIpc) is 2.37. The molecule has 0 spiro atoms. The lowest BCUT2D eigenvalue weighted by Gasteiger charge is -2.08. The second-order valence-corrected chi connectivity index (χ2v) is 3.94. The number of nitrogens with one attached hydrogen (secondary N) is 1. The molecule has 0 aliphatic rings. The van der Waals surface area contributed by atoms with Crippen molar-refractivity contribution in [2.75, 3.05) is 7.05 Å². The molecule has 0 atom stereocenters. The van der Waals surface area contributed by atoms with E-state index in [2.05, 4.69) is 10.3 Å². The predicted molar refractivity (Wildman–Crippen MR) is 67.7 cm³/mol. The van der Waals surface area contributed by atoms with Crippen molar-refractivity contribution in [3.05, 3.63) is 59.7 Å². The molecule has 1 heterocycles. The summed E-state index contributed by atoms with van der Waals surface area (Å²) in [7, 11) is 1.82. The van der Waals surface area contributed by atoms with Gasteiger partial charge in [0, 0.05) is 18.8 Å². The number of hydrogen-bond donors (Lipinski definition) is 1. The van der Waals surface area contributed by atoms with Gasteiger partial charge in [-0.3, -0.25) is 4.98 Å². The van der Waals surface area contributed by atoms with Gasteiger partial charge >= 0.3 is 0 Å². The third-order valence-electron chi connectivity index (χ3n) is 2.42. The first-order chi connectivity index (χ1) is 8.78. The van der Waals surface area contributed by atoms with Crippen LogP contribution in [0.4, 0.5) is 4.39 Å². The molecule has 0 saturated carbocycles. The Morgan fingerprint density at radius 1 is 1.28 bits per heavy atom. The maximum absolute atomic E-state index is 13.4. The first-order valence-electron chi connectivity index (χ1n) is 5.74. The first-order valence-corrected chi connectivity index (χ1v) is 5.74. The summed E-state index contributed by atoms with van der Waals surface area (Å²) >= 11 is 0. The third kappa shape index (κ3) is 3.53. The Morgan fingerprint density at radius 3 is 2.89 bits per heavy atom. The number of pyridine rings is 1. The summed E-state index contributed by atoms with van der Waals surface area (Å²) in [6.45, 7) is 0.945. The Labute approximate surface area is 106 Å². The number of halogens is 1. The van der Waals surface area contributed by atoms with E-state index in [1.807, 2.05) is 31.3 Å². The molecule has 0 unspecified atom stereocenters.